The highest BCUT2D eigenvalue weighted by Gasteiger charge is 2.50. The van der Waals surface area contributed by atoms with Gasteiger partial charge in [0.05, 0.1) is 28.8 Å². The Morgan fingerprint density at radius 1 is 1.09 bits per heavy atom. The molecule has 1 N–H and O–H groups in total. The summed E-state index contributed by atoms with van der Waals surface area (Å²) in [4.78, 5) is 33.1. The number of imidazole rings is 1. The van der Waals surface area contributed by atoms with Crippen LogP contribution in [0.25, 0.3) is 39.1 Å². The summed E-state index contributed by atoms with van der Waals surface area (Å²) < 4.78 is 27.4. The Balaban J connectivity index is 1.15. The lowest BCUT2D eigenvalue weighted by Crippen LogP contribution is -2.46. The van der Waals surface area contributed by atoms with E-state index < -0.39 is 17.5 Å². The van der Waals surface area contributed by atoms with Crippen molar-refractivity contribution in [2.75, 3.05) is 6.54 Å². The molecule has 1 saturated heterocycles. The molecule has 5 heterocycles. The molecule has 45 heavy (non-hydrogen) atoms. The summed E-state index contributed by atoms with van der Waals surface area (Å²) in [7, 11) is 1.82. The van der Waals surface area contributed by atoms with Gasteiger partial charge in [0.2, 0.25) is 0 Å². The summed E-state index contributed by atoms with van der Waals surface area (Å²) in [5, 5.41) is 12.8. The second-order valence-electron chi connectivity index (χ2n) is 14.0. The Kier molecular flexibility index (Phi) is 6.08. The Labute approximate surface area is 259 Å². The van der Waals surface area contributed by atoms with Crippen LogP contribution in [0.3, 0.4) is 0 Å². The van der Waals surface area contributed by atoms with Crippen molar-refractivity contribution in [3.05, 3.63) is 47.7 Å². The van der Waals surface area contributed by atoms with Crippen molar-refractivity contribution >= 4 is 39.6 Å². The van der Waals surface area contributed by atoms with Crippen LogP contribution in [0.2, 0.25) is 0 Å². The fraction of sp³-hybridized carbons (Fsp3) is 0.485. The molecule has 12 heteroatoms. The zero-order valence-corrected chi connectivity index (χ0v) is 26.2. The molecule has 0 unspecified atom stereocenters. The van der Waals surface area contributed by atoms with Gasteiger partial charge < -0.3 is 24.1 Å². The van der Waals surface area contributed by atoms with Crippen molar-refractivity contribution in [1.82, 2.24) is 38.9 Å². The monoisotopic (exact) mass is 612 g/mol. The molecule has 2 amide bonds. The summed E-state index contributed by atoms with van der Waals surface area (Å²) >= 11 is 0. The molecule has 8 rings (SSSR count). The van der Waals surface area contributed by atoms with Crippen molar-refractivity contribution < 1.29 is 18.7 Å². The summed E-state index contributed by atoms with van der Waals surface area (Å²) in [6.45, 7) is 8.72. The number of aromatic nitrogens is 6. The van der Waals surface area contributed by atoms with Crippen molar-refractivity contribution in [1.29, 1.82) is 0 Å². The van der Waals surface area contributed by atoms with E-state index in [4.69, 9.17) is 9.72 Å². The third-order valence-corrected chi connectivity index (χ3v) is 9.68. The first-order valence-corrected chi connectivity index (χ1v) is 15.8. The van der Waals surface area contributed by atoms with Crippen LogP contribution in [0.4, 0.5) is 9.18 Å². The number of rotatable bonds is 5. The second-order valence-corrected chi connectivity index (χ2v) is 14.0. The fourth-order valence-electron chi connectivity index (χ4n) is 7.45. The maximum absolute atomic E-state index is 15.9. The molecule has 2 bridgehead atoms. The van der Waals surface area contributed by atoms with Gasteiger partial charge in [-0.2, -0.15) is 0 Å². The minimum Gasteiger partial charge on any atom is -0.444 e. The van der Waals surface area contributed by atoms with Crippen LogP contribution in [0.5, 0.6) is 0 Å². The van der Waals surface area contributed by atoms with Crippen LogP contribution in [-0.4, -0.2) is 69.8 Å². The SMILES string of the molecule is Cc1nnc2c3c(ccn12)cc(-c1nc2cc(C(=O)N4C[C@H]5CC[C@@H]4[C@@H]5NC(=O)OC(C)(C)C)cc(F)c2n1C)n3CC1CC1. The van der Waals surface area contributed by atoms with Crippen LogP contribution in [0, 0.1) is 24.6 Å². The minimum absolute atomic E-state index is 0.135. The normalized spacial score (nSPS) is 21.5. The average molecular weight is 613 g/mol. The molecule has 234 valence electrons. The van der Waals surface area contributed by atoms with Crippen LogP contribution in [0.1, 0.15) is 62.6 Å². The molecule has 3 atom stereocenters. The van der Waals surface area contributed by atoms with E-state index in [2.05, 4.69) is 32.2 Å². The molecule has 1 aliphatic heterocycles. The standard InChI is InChI=1S/C33H37FN8O3/c1-17-37-38-30-27-19(10-11-40(17)30)14-25(41(27)15-18-6-7-18)29-35-23-13-21(12-22(34)28(23)39(29)5)31(43)42-16-20-8-9-24(42)26(20)36-32(44)45-33(2,3)4/h10-14,18,20,24,26H,6-9,15-16H2,1-5H3,(H,36,44)/t20-,24-,26-/m1/s1. The van der Waals surface area contributed by atoms with Crippen molar-refractivity contribution in [3.63, 3.8) is 0 Å². The van der Waals surface area contributed by atoms with Gasteiger partial charge >= 0.3 is 6.09 Å². The molecule has 0 radical (unpaired) electrons. The van der Waals surface area contributed by atoms with E-state index in [9.17, 15) is 9.59 Å². The quantitative estimate of drug-likeness (QED) is 0.291. The number of aryl methyl sites for hydroxylation is 2. The Bertz CT molecular complexity index is 2030. The van der Waals surface area contributed by atoms with E-state index in [-0.39, 0.29) is 29.5 Å². The van der Waals surface area contributed by atoms with Crippen molar-refractivity contribution in [2.45, 2.75) is 77.6 Å². The van der Waals surface area contributed by atoms with Crippen molar-refractivity contribution in [3.8, 4) is 11.5 Å². The highest BCUT2D eigenvalue weighted by Crippen LogP contribution is 2.40. The van der Waals surface area contributed by atoms with Gasteiger partial charge in [0.15, 0.2) is 11.5 Å². The largest absolute Gasteiger partial charge is 0.444 e. The summed E-state index contributed by atoms with van der Waals surface area (Å²) in [6, 6.07) is 6.81. The molecule has 0 spiro atoms. The number of nitrogens with one attached hydrogen (secondary N) is 1. The number of likely N-dealkylation sites (tertiary alicyclic amines) is 1. The average Bonchev–Trinajstić information content (AvgIpc) is 3.23. The van der Waals surface area contributed by atoms with Crippen LogP contribution in [-0.2, 0) is 18.3 Å². The minimum atomic E-state index is -0.611. The Hall–Kier alpha value is -4.48. The number of halogens is 1. The lowest BCUT2D eigenvalue weighted by atomic mass is 10.1. The Morgan fingerprint density at radius 2 is 1.89 bits per heavy atom. The third-order valence-electron chi connectivity index (χ3n) is 9.68. The van der Waals surface area contributed by atoms with E-state index >= 15 is 4.39 Å². The number of alkyl carbamates (subject to hydrolysis) is 1. The summed E-state index contributed by atoms with van der Waals surface area (Å²) in [6.07, 6.45) is 5.53. The van der Waals surface area contributed by atoms with Gasteiger partial charge in [0.1, 0.15) is 22.8 Å². The lowest BCUT2D eigenvalue weighted by Gasteiger charge is -2.28. The van der Waals surface area contributed by atoms with Gasteiger partial charge in [-0.15, -0.1) is 10.2 Å². The van der Waals surface area contributed by atoms with E-state index in [1.807, 2.05) is 45.3 Å². The van der Waals surface area contributed by atoms with Gasteiger partial charge in [-0.25, -0.2) is 14.2 Å². The van der Waals surface area contributed by atoms with Gasteiger partial charge in [0.25, 0.3) is 5.91 Å². The first-order valence-electron chi connectivity index (χ1n) is 15.8. The molecule has 11 nitrogen and oxygen atoms in total. The Morgan fingerprint density at radius 3 is 2.64 bits per heavy atom. The molecule has 2 saturated carbocycles. The topological polar surface area (TPSA) is 112 Å². The highest BCUT2D eigenvalue weighted by molar-refractivity contribution is 5.99. The number of piperidine rings is 1. The predicted molar refractivity (Wildman–Crippen MR) is 166 cm³/mol. The molecular formula is C33H37FN8O3. The van der Waals surface area contributed by atoms with Crippen LogP contribution >= 0.6 is 0 Å². The number of hydrogen-bond donors (Lipinski definition) is 1. The smallest absolute Gasteiger partial charge is 0.407 e. The molecule has 3 fully saturated rings. The van der Waals surface area contributed by atoms with Gasteiger partial charge in [-0.05, 0) is 89.5 Å². The number of carbonyl (C=O) groups excluding carboxylic acids is 2. The number of carbonyl (C=O) groups is 2. The van der Waals surface area contributed by atoms with Crippen LogP contribution in [0.15, 0.2) is 30.5 Å². The van der Waals surface area contributed by atoms with E-state index in [1.165, 1.54) is 18.9 Å². The number of nitrogens with zero attached hydrogens (tertiary/aromatic N) is 7. The van der Waals surface area contributed by atoms with Crippen molar-refractivity contribution in [2.24, 2.45) is 18.9 Å². The molecule has 4 aromatic heterocycles. The van der Waals surface area contributed by atoms with Gasteiger partial charge in [-0.3, -0.25) is 9.20 Å². The lowest BCUT2D eigenvalue weighted by molar-refractivity contribution is 0.0485. The maximum Gasteiger partial charge on any atom is 0.407 e. The highest BCUT2D eigenvalue weighted by atomic mass is 19.1. The number of hydrogen-bond acceptors (Lipinski definition) is 6. The molecule has 5 aromatic rings. The van der Waals surface area contributed by atoms with Crippen LogP contribution < -0.4 is 5.32 Å². The van der Waals surface area contributed by atoms with E-state index in [0.29, 0.717) is 29.3 Å². The molecular weight excluding hydrogens is 575 g/mol. The zero-order valence-electron chi connectivity index (χ0n) is 26.2. The number of ether oxygens (including phenoxy) is 1. The predicted octanol–water partition coefficient (Wildman–Crippen LogP) is 5.22. The summed E-state index contributed by atoms with van der Waals surface area (Å²) in [5.41, 5.74) is 3.07. The van der Waals surface area contributed by atoms with E-state index in [1.54, 1.807) is 15.5 Å². The first-order chi connectivity index (χ1) is 21.5. The number of fused-ring (bicyclic) bond motifs is 6. The van der Waals surface area contributed by atoms with Gasteiger partial charge in [-0.1, -0.05) is 0 Å². The summed E-state index contributed by atoms with van der Waals surface area (Å²) in [5.74, 6) is 1.40. The molecule has 1 aromatic carbocycles. The number of benzene rings is 1. The molecule has 2 aliphatic carbocycles. The van der Waals surface area contributed by atoms with Gasteiger partial charge in [0, 0.05) is 37.3 Å². The fourth-order valence-corrected chi connectivity index (χ4v) is 7.45. The number of pyridine rings is 1. The maximum atomic E-state index is 15.9. The number of amides is 2. The zero-order chi connectivity index (χ0) is 31.4. The third kappa shape index (κ3) is 4.55. The van der Waals surface area contributed by atoms with E-state index in [0.717, 1.165) is 47.5 Å². The first kappa shape index (κ1) is 28.0. The second kappa shape index (κ2) is 9.76. The molecule has 3 aliphatic rings.